The van der Waals surface area contributed by atoms with Crippen LogP contribution in [0.15, 0.2) is 0 Å². The zero-order valence-corrected chi connectivity index (χ0v) is 11.1. The Kier molecular flexibility index (Phi) is 9.77. The van der Waals surface area contributed by atoms with Crippen LogP contribution in [0, 0.1) is 5.92 Å². The molecule has 2 atom stereocenters. The van der Waals surface area contributed by atoms with Gasteiger partial charge in [0.05, 0.1) is 6.04 Å². The summed E-state index contributed by atoms with van der Waals surface area (Å²) in [4.78, 5) is 11.5. The smallest absolute Gasteiger partial charge is 0.236 e. The molecule has 0 aliphatic rings. The highest BCUT2D eigenvalue weighted by Crippen LogP contribution is 2.03. The number of carbonyl (C=O) groups excluding carboxylic acids is 1. The molecule has 0 aromatic carbocycles. The van der Waals surface area contributed by atoms with Gasteiger partial charge in [-0.1, -0.05) is 6.92 Å². The number of carbonyl (C=O) groups is 1. The third kappa shape index (κ3) is 7.96. The molecule has 0 saturated heterocycles. The predicted octanol–water partition coefficient (Wildman–Crippen LogP) is 0.592. The maximum absolute atomic E-state index is 11.5. The van der Waals surface area contributed by atoms with E-state index < -0.39 is 0 Å². The van der Waals surface area contributed by atoms with E-state index in [1.807, 2.05) is 13.2 Å². The van der Waals surface area contributed by atoms with Crippen LogP contribution < -0.4 is 11.1 Å². The number of aliphatic hydroxyl groups excluding tert-OH is 1. The topological polar surface area (TPSA) is 75.4 Å². The van der Waals surface area contributed by atoms with Gasteiger partial charge in [0.2, 0.25) is 5.91 Å². The van der Waals surface area contributed by atoms with Crippen molar-refractivity contribution in [3.63, 3.8) is 0 Å². The first kappa shape index (κ1) is 15.7. The van der Waals surface area contributed by atoms with Crippen molar-refractivity contribution in [2.75, 3.05) is 25.2 Å². The third-order valence-electron chi connectivity index (χ3n) is 2.45. The molecule has 4 nitrogen and oxygen atoms in total. The van der Waals surface area contributed by atoms with Crippen LogP contribution in [0.3, 0.4) is 0 Å². The highest BCUT2D eigenvalue weighted by molar-refractivity contribution is 7.98. The quantitative estimate of drug-likeness (QED) is 0.522. The van der Waals surface area contributed by atoms with E-state index in [-0.39, 0.29) is 18.6 Å². The van der Waals surface area contributed by atoms with E-state index in [1.165, 1.54) is 0 Å². The fourth-order valence-corrected chi connectivity index (χ4v) is 1.75. The van der Waals surface area contributed by atoms with Gasteiger partial charge in [0, 0.05) is 13.2 Å². The number of nitrogens with one attached hydrogen (secondary N) is 1. The van der Waals surface area contributed by atoms with E-state index in [1.54, 1.807) is 11.8 Å². The van der Waals surface area contributed by atoms with Gasteiger partial charge in [-0.05, 0) is 37.2 Å². The zero-order valence-electron chi connectivity index (χ0n) is 10.2. The van der Waals surface area contributed by atoms with Gasteiger partial charge in [-0.25, -0.2) is 0 Å². The van der Waals surface area contributed by atoms with Crippen molar-refractivity contribution in [3.05, 3.63) is 0 Å². The molecular formula is C11H24N2O2S. The average Bonchev–Trinajstić information content (AvgIpc) is 2.30. The van der Waals surface area contributed by atoms with Crippen molar-refractivity contribution < 1.29 is 9.90 Å². The number of hydrogen-bond donors (Lipinski definition) is 3. The average molecular weight is 248 g/mol. The Bertz CT molecular complexity index is 191. The fourth-order valence-electron chi connectivity index (χ4n) is 1.26. The molecule has 0 aliphatic carbocycles. The molecule has 1 amide bonds. The molecule has 0 fully saturated rings. The second kappa shape index (κ2) is 9.93. The molecule has 4 N–H and O–H groups in total. The Hall–Kier alpha value is -0.260. The number of nitrogens with two attached hydrogens (primary N) is 1. The summed E-state index contributed by atoms with van der Waals surface area (Å²) in [6, 6.07) is -0.386. The number of rotatable bonds is 9. The molecule has 0 aromatic rings. The molecule has 96 valence electrons. The van der Waals surface area contributed by atoms with Crippen molar-refractivity contribution in [2.24, 2.45) is 11.7 Å². The summed E-state index contributed by atoms with van der Waals surface area (Å²) in [5.74, 6) is 1.16. The second-order valence-electron chi connectivity index (χ2n) is 4.11. The Balaban J connectivity index is 3.49. The molecule has 0 saturated carbocycles. The van der Waals surface area contributed by atoms with Gasteiger partial charge in [-0.15, -0.1) is 0 Å². The van der Waals surface area contributed by atoms with Crippen molar-refractivity contribution in [1.29, 1.82) is 0 Å². The lowest BCUT2D eigenvalue weighted by Gasteiger charge is -2.12. The zero-order chi connectivity index (χ0) is 12.4. The Morgan fingerprint density at radius 1 is 1.50 bits per heavy atom. The molecule has 0 heterocycles. The van der Waals surface area contributed by atoms with E-state index in [4.69, 9.17) is 10.8 Å². The van der Waals surface area contributed by atoms with Crippen LogP contribution in [0.2, 0.25) is 0 Å². The highest BCUT2D eigenvalue weighted by Gasteiger charge is 2.11. The SMILES string of the molecule is CSCC[C@@H](N)C(=O)NCCCC(C)CO. The lowest BCUT2D eigenvalue weighted by atomic mass is 10.1. The number of thioether (sulfide) groups is 1. The lowest BCUT2D eigenvalue weighted by molar-refractivity contribution is -0.122. The lowest BCUT2D eigenvalue weighted by Crippen LogP contribution is -2.41. The third-order valence-corrected chi connectivity index (χ3v) is 3.10. The van der Waals surface area contributed by atoms with Gasteiger partial charge in [-0.3, -0.25) is 4.79 Å². The summed E-state index contributed by atoms with van der Waals surface area (Å²) in [5, 5.41) is 11.6. The minimum absolute atomic E-state index is 0.0642. The molecule has 0 aliphatic heterocycles. The van der Waals surface area contributed by atoms with Crippen LogP contribution in [0.5, 0.6) is 0 Å². The molecule has 0 radical (unpaired) electrons. The van der Waals surface area contributed by atoms with Crippen LogP contribution in [-0.2, 0) is 4.79 Å². The standard InChI is InChI=1S/C11H24N2O2S/c1-9(8-14)4-3-6-13-11(15)10(12)5-7-16-2/h9-10,14H,3-8,12H2,1-2H3,(H,13,15)/t9?,10-/m1/s1. The molecule has 16 heavy (non-hydrogen) atoms. The summed E-state index contributed by atoms with van der Waals surface area (Å²) >= 11 is 1.69. The van der Waals surface area contributed by atoms with Crippen molar-refractivity contribution >= 4 is 17.7 Å². The van der Waals surface area contributed by atoms with Gasteiger partial charge in [0.1, 0.15) is 0 Å². The summed E-state index contributed by atoms with van der Waals surface area (Å²) in [5.41, 5.74) is 5.71. The van der Waals surface area contributed by atoms with Crippen LogP contribution >= 0.6 is 11.8 Å². The Morgan fingerprint density at radius 3 is 2.75 bits per heavy atom. The first-order valence-corrected chi connectivity index (χ1v) is 7.14. The summed E-state index contributed by atoms with van der Waals surface area (Å²) in [6.45, 7) is 2.85. The van der Waals surface area contributed by atoms with Crippen LogP contribution in [0.1, 0.15) is 26.2 Å². The minimum Gasteiger partial charge on any atom is -0.396 e. The molecular weight excluding hydrogens is 224 g/mol. The molecule has 0 spiro atoms. The Labute approximate surface area is 102 Å². The second-order valence-corrected chi connectivity index (χ2v) is 5.09. The van der Waals surface area contributed by atoms with E-state index in [0.29, 0.717) is 12.5 Å². The summed E-state index contributed by atoms with van der Waals surface area (Å²) in [7, 11) is 0. The van der Waals surface area contributed by atoms with Crippen molar-refractivity contribution in [2.45, 2.75) is 32.2 Å². The minimum atomic E-state index is -0.386. The van der Waals surface area contributed by atoms with E-state index in [0.717, 1.165) is 25.0 Å². The maximum atomic E-state index is 11.5. The van der Waals surface area contributed by atoms with E-state index in [2.05, 4.69) is 5.32 Å². The van der Waals surface area contributed by atoms with Gasteiger partial charge in [-0.2, -0.15) is 11.8 Å². The van der Waals surface area contributed by atoms with E-state index in [9.17, 15) is 4.79 Å². The largest absolute Gasteiger partial charge is 0.396 e. The van der Waals surface area contributed by atoms with Crippen molar-refractivity contribution in [1.82, 2.24) is 5.32 Å². The van der Waals surface area contributed by atoms with Gasteiger partial charge >= 0.3 is 0 Å². The fraction of sp³-hybridized carbons (Fsp3) is 0.909. The van der Waals surface area contributed by atoms with Gasteiger partial charge in [0.25, 0.3) is 0 Å². The summed E-state index contributed by atoms with van der Waals surface area (Å²) < 4.78 is 0. The van der Waals surface area contributed by atoms with Crippen LogP contribution in [0.4, 0.5) is 0 Å². The van der Waals surface area contributed by atoms with Gasteiger partial charge < -0.3 is 16.2 Å². The predicted molar refractivity (Wildman–Crippen MR) is 69.5 cm³/mol. The molecule has 0 rings (SSSR count). The van der Waals surface area contributed by atoms with Crippen LogP contribution in [0.25, 0.3) is 0 Å². The first-order valence-electron chi connectivity index (χ1n) is 5.74. The number of hydrogen-bond acceptors (Lipinski definition) is 4. The monoisotopic (exact) mass is 248 g/mol. The van der Waals surface area contributed by atoms with Gasteiger partial charge in [0.15, 0.2) is 0 Å². The normalized spacial score (nSPS) is 14.5. The first-order chi connectivity index (χ1) is 7.61. The molecule has 5 heteroatoms. The molecule has 0 aromatic heterocycles. The number of aliphatic hydroxyl groups is 1. The van der Waals surface area contributed by atoms with Crippen molar-refractivity contribution in [3.8, 4) is 0 Å². The number of amides is 1. The molecule has 1 unspecified atom stereocenters. The highest BCUT2D eigenvalue weighted by atomic mass is 32.2. The van der Waals surface area contributed by atoms with Crippen LogP contribution in [-0.4, -0.2) is 42.2 Å². The summed E-state index contributed by atoms with van der Waals surface area (Å²) in [6.07, 6.45) is 4.54. The molecule has 0 bridgehead atoms. The van der Waals surface area contributed by atoms with E-state index >= 15 is 0 Å². The Morgan fingerprint density at radius 2 is 2.19 bits per heavy atom. The maximum Gasteiger partial charge on any atom is 0.236 e.